The molecule has 0 bridgehead atoms. The molecule has 0 saturated carbocycles. The van der Waals surface area contributed by atoms with E-state index >= 15 is 0 Å². The number of benzene rings is 2. The second kappa shape index (κ2) is 9.95. The van der Waals surface area contributed by atoms with Gasteiger partial charge in [-0.3, -0.25) is 9.69 Å². The lowest BCUT2D eigenvalue weighted by Crippen LogP contribution is -2.46. The number of carbonyl (C=O) groups excluding carboxylic acids is 1. The summed E-state index contributed by atoms with van der Waals surface area (Å²) >= 11 is 8.37. The molecule has 180 valence electrons. The molecule has 2 aliphatic rings. The quantitative estimate of drug-likeness (QED) is 0.258. The van der Waals surface area contributed by atoms with Gasteiger partial charge in [-0.1, -0.05) is 29.8 Å². The fraction of sp³-hybridized carbons (Fsp3) is 0.259. The Labute approximate surface area is 221 Å². The molecular formula is C27H23ClF2IN3O. The third kappa shape index (κ3) is 4.99. The standard InChI is InChI=1S/C27H23ClF2IN3O/c28-25-15-19(7-10-32-25)26(35)34-17-27(21-16-20(31)4-6-24(21)34)8-12-33(13-9-27)11-1-2-18-3-5-22(29)23(30)14-18/h1-7,10,14-16H,8-9,11-13,17H2/b2-1+. The van der Waals surface area contributed by atoms with Crippen LogP contribution in [0, 0.1) is 15.2 Å². The maximum Gasteiger partial charge on any atom is 0.258 e. The summed E-state index contributed by atoms with van der Waals surface area (Å²) in [5.74, 6) is -1.74. The maximum atomic E-state index is 13.4. The lowest BCUT2D eigenvalue weighted by molar-refractivity contribution is 0.0977. The van der Waals surface area contributed by atoms with Gasteiger partial charge in [-0.25, -0.2) is 13.8 Å². The summed E-state index contributed by atoms with van der Waals surface area (Å²) in [6.07, 6.45) is 7.22. The van der Waals surface area contributed by atoms with Crippen molar-refractivity contribution in [2.45, 2.75) is 18.3 Å². The van der Waals surface area contributed by atoms with E-state index in [1.54, 1.807) is 24.4 Å². The first-order valence-corrected chi connectivity index (χ1v) is 12.9. The van der Waals surface area contributed by atoms with E-state index in [2.05, 4.69) is 38.5 Å². The van der Waals surface area contributed by atoms with Gasteiger partial charge in [-0.15, -0.1) is 0 Å². The van der Waals surface area contributed by atoms with Crippen molar-refractivity contribution in [2.24, 2.45) is 0 Å². The van der Waals surface area contributed by atoms with Crippen LogP contribution < -0.4 is 4.90 Å². The number of halogens is 4. The van der Waals surface area contributed by atoms with Crippen LogP contribution >= 0.6 is 34.2 Å². The number of aromatic nitrogens is 1. The number of hydrogen-bond donors (Lipinski definition) is 0. The van der Waals surface area contributed by atoms with E-state index in [4.69, 9.17) is 11.6 Å². The third-order valence-corrected chi connectivity index (χ3v) is 7.81. The first kappa shape index (κ1) is 24.3. The molecule has 3 aromatic rings. The highest BCUT2D eigenvalue weighted by molar-refractivity contribution is 14.1. The molecule has 1 spiro atoms. The smallest absolute Gasteiger partial charge is 0.258 e. The van der Waals surface area contributed by atoms with Gasteiger partial charge in [-0.2, -0.15) is 0 Å². The molecule has 1 fully saturated rings. The number of carbonyl (C=O) groups is 1. The Morgan fingerprint density at radius 1 is 1.09 bits per heavy atom. The minimum absolute atomic E-state index is 0.0643. The van der Waals surface area contributed by atoms with Gasteiger partial charge in [0.05, 0.1) is 0 Å². The molecule has 35 heavy (non-hydrogen) atoms. The first-order valence-electron chi connectivity index (χ1n) is 11.4. The average molecular weight is 606 g/mol. The number of hydrogen-bond acceptors (Lipinski definition) is 3. The van der Waals surface area contributed by atoms with Gasteiger partial charge in [0.1, 0.15) is 5.15 Å². The normalized spacial score (nSPS) is 17.3. The average Bonchev–Trinajstić information content (AvgIpc) is 3.15. The molecule has 0 aliphatic carbocycles. The summed E-state index contributed by atoms with van der Waals surface area (Å²) < 4.78 is 27.7. The highest BCUT2D eigenvalue weighted by Crippen LogP contribution is 2.48. The Bertz CT molecular complexity index is 1310. The fourth-order valence-electron chi connectivity index (χ4n) is 5.06. The second-order valence-corrected chi connectivity index (χ2v) is 10.7. The number of rotatable bonds is 4. The number of amides is 1. The zero-order valence-electron chi connectivity index (χ0n) is 18.9. The summed E-state index contributed by atoms with van der Waals surface area (Å²) in [6.45, 7) is 3.14. The fourth-order valence-corrected chi connectivity index (χ4v) is 5.72. The van der Waals surface area contributed by atoms with E-state index in [-0.39, 0.29) is 11.3 Å². The molecule has 5 rings (SSSR count). The Kier molecular flexibility index (Phi) is 6.92. The lowest BCUT2D eigenvalue weighted by Gasteiger charge is -2.39. The first-order chi connectivity index (χ1) is 16.8. The highest BCUT2D eigenvalue weighted by atomic mass is 127. The summed E-state index contributed by atoms with van der Waals surface area (Å²) in [5.41, 5.74) is 3.28. The number of anilines is 1. The SMILES string of the molecule is O=C(c1ccnc(Cl)c1)N1CC2(CCN(C/C=C/c3ccc(F)c(F)c3)CC2)c2cc(I)ccc21. The van der Waals surface area contributed by atoms with Crippen LogP contribution in [-0.2, 0) is 5.41 Å². The summed E-state index contributed by atoms with van der Waals surface area (Å²) in [4.78, 5) is 21.7. The van der Waals surface area contributed by atoms with Crippen molar-refractivity contribution in [1.29, 1.82) is 0 Å². The van der Waals surface area contributed by atoms with Crippen LogP contribution in [0.5, 0.6) is 0 Å². The van der Waals surface area contributed by atoms with Gasteiger partial charge < -0.3 is 4.90 Å². The maximum absolute atomic E-state index is 13.4. The van der Waals surface area contributed by atoms with E-state index in [1.807, 2.05) is 29.2 Å². The van der Waals surface area contributed by atoms with Gasteiger partial charge in [-0.05, 0) is 102 Å². The molecule has 0 radical (unpaired) electrons. The third-order valence-electron chi connectivity index (χ3n) is 6.93. The van der Waals surface area contributed by atoms with Gasteiger partial charge in [0.15, 0.2) is 11.6 Å². The summed E-state index contributed by atoms with van der Waals surface area (Å²) in [5, 5.41) is 0.303. The molecule has 1 saturated heterocycles. The monoisotopic (exact) mass is 605 g/mol. The zero-order valence-corrected chi connectivity index (χ0v) is 21.8. The van der Waals surface area contributed by atoms with Gasteiger partial charge in [0.25, 0.3) is 5.91 Å². The van der Waals surface area contributed by atoms with E-state index in [9.17, 15) is 13.6 Å². The molecule has 1 aromatic heterocycles. The molecule has 8 heteroatoms. The Morgan fingerprint density at radius 2 is 1.89 bits per heavy atom. The van der Waals surface area contributed by atoms with Crippen LogP contribution in [0.15, 0.2) is 60.8 Å². The van der Waals surface area contributed by atoms with Crippen LogP contribution in [0.1, 0.15) is 34.3 Å². The molecule has 1 amide bonds. The van der Waals surface area contributed by atoms with Crippen molar-refractivity contribution in [1.82, 2.24) is 9.88 Å². The largest absolute Gasteiger partial charge is 0.307 e. The molecular weight excluding hydrogens is 583 g/mol. The van der Waals surface area contributed by atoms with Crippen LogP contribution in [0.3, 0.4) is 0 Å². The Morgan fingerprint density at radius 3 is 2.63 bits per heavy atom. The summed E-state index contributed by atoms with van der Waals surface area (Å²) in [6, 6.07) is 13.5. The van der Waals surface area contributed by atoms with E-state index < -0.39 is 11.6 Å². The van der Waals surface area contributed by atoms with Crippen molar-refractivity contribution in [3.8, 4) is 0 Å². The van der Waals surface area contributed by atoms with Gasteiger partial charge >= 0.3 is 0 Å². The summed E-state index contributed by atoms with van der Waals surface area (Å²) in [7, 11) is 0. The molecule has 4 nitrogen and oxygen atoms in total. The predicted octanol–water partition coefficient (Wildman–Crippen LogP) is 6.33. The van der Waals surface area contributed by atoms with Crippen LogP contribution in [0.2, 0.25) is 5.15 Å². The van der Waals surface area contributed by atoms with Crippen LogP contribution in [0.4, 0.5) is 14.5 Å². The topological polar surface area (TPSA) is 36.4 Å². The van der Waals surface area contributed by atoms with Crippen LogP contribution in [-0.4, -0.2) is 42.0 Å². The Hall–Kier alpha value is -2.36. The molecule has 3 heterocycles. The molecule has 0 atom stereocenters. The van der Waals surface area contributed by atoms with Crippen molar-refractivity contribution in [3.05, 3.63) is 97.9 Å². The van der Waals surface area contributed by atoms with Crippen molar-refractivity contribution in [3.63, 3.8) is 0 Å². The number of nitrogens with zero attached hydrogens (tertiary/aromatic N) is 3. The molecule has 2 aliphatic heterocycles. The van der Waals surface area contributed by atoms with Crippen molar-refractivity contribution < 1.29 is 13.6 Å². The van der Waals surface area contributed by atoms with E-state index in [0.29, 0.717) is 22.8 Å². The van der Waals surface area contributed by atoms with E-state index in [0.717, 1.165) is 47.8 Å². The predicted molar refractivity (Wildman–Crippen MR) is 143 cm³/mol. The van der Waals surface area contributed by atoms with E-state index in [1.165, 1.54) is 11.6 Å². The van der Waals surface area contributed by atoms with Crippen molar-refractivity contribution >= 4 is 51.9 Å². The minimum atomic E-state index is -0.838. The Balaban J connectivity index is 1.31. The number of fused-ring (bicyclic) bond motifs is 2. The van der Waals surface area contributed by atoms with Gasteiger partial charge in [0, 0.05) is 39.5 Å². The molecule has 0 N–H and O–H groups in total. The molecule has 2 aromatic carbocycles. The number of pyridine rings is 1. The van der Waals surface area contributed by atoms with Crippen molar-refractivity contribution in [2.75, 3.05) is 31.1 Å². The lowest BCUT2D eigenvalue weighted by atomic mass is 9.74. The number of likely N-dealkylation sites (tertiary alicyclic amines) is 1. The molecule has 0 unspecified atom stereocenters. The second-order valence-electron chi connectivity index (χ2n) is 9.08. The minimum Gasteiger partial charge on any atom is -0.307 e. The number of piperidine rings is 1. The van der Waals surface area contributed by atoms with Gasteiger partial charge in [0.2, 0.25) is 0 Å². The van der Waals surface area contributed by atoms with Crippen LogP contribution in [0.25, 0.3) is 6.08 Å². The zero-order chi connectivity index (χ0) is 24.6. The highest BCUT2D eigenvalue weighted by Gasteiger charge is 2.46.